The molecule has 112 valence electrons. The van der Waals surface area contributed by atoms with Crippen LogP contribution >= 0.6 is 0 Å². The van der Waals surface area contributed by atoms with Crippen molar-refractivity contribution in [2.45, 2.75) is 33.6 Å². The Morgan fingerprint density at radius 1 is 0.905 bits per heavy atom. The molecule has 0 unspecified atom stereocenters. The summed E-state index contributed by atoms with van der Waals surface area (Å²) in [4.78, 5) is 44.7. The molecule has 6 heteroatoms. The number of hydrogen-bond donors (Lipinski definition) is 2. The Morgan fingerprint density at radius 2 is 1.43 bits per heavy atom. The van der Waals surface area contributed by atoms with E-state index >= 15 is 0 Å². The average molecular weight is 290 g/mol. The number of anilines is 2. The Kier molecular flexibility index (Phi) is 5.78. The van der Waals surface area contributed by atoms with Crippen molar-refractivity contribution >= 4 is 34.8 Å². The van der Waals surface area contributed by atoms with Crippen LogP contribution in [0.4, 0.5) is 11.4 Å². The Labute approximate surface area is 122 Å². The van der Waals surface area contributed by atoms with E-state index < -0.39 is 0 Å². The topological polar surface area (TPSA) is 92.3 Å². The summed E-state index contributed by atoms with van der Waals surface area (Å²) in [7, 11) is 0. The Hall–Kier alpha value is -2.50. The molecule has 1 aromatic carbocycles. The number of nitrogens with one attached hydrogen (secondary N) is 2. The first-order valence-electron chi connectivity index (χ1n) is 6.47. The number of Topliss-reactive ketones (excluding diaryl/α,β-unsaturated/α-hetero) is 2. The zero-order valence-corrected chi connectivity index (χ0v) is 12.3. The summed E-state index contributed by atoms with van der Waals surface area (Å²) < 4.78 is 0. The number of aryl methyl sites for hydroxylation is 1. The van der Waals surface area contributed by atoms with E-state index in [2.05, 4.69) is 10.6 Å². The summed E-state index contributed by atoms with van der Waals surface area (Å²) >= 11 is 0. The highest BCUT2D eigenvalue weighted by molar-refractivity contribution is 6.05. The fraction of sp³-hybridized carbons (Fsp3) is 0.333. The van der Waals surface area contributed by atoms with Crippen molar-refractivity contribution in [1.82, 2.24) is 0 Å². The molecule has 0 radical (unpaired) electrons. The number of amides is 2. The highest BCUT2D eigenvalue weighted by Crippen LogP contribution is 2.20. The van der Waals surface area contributed by atoms with Gasteiger partial charge in [0.1, 0.15) is 11.6 Å². The Bertz CT molecular complexity index is 593. The fourth-order valence-corrected chi connectivity index (χ4v) is 1.73. The molecule has 0 atom stereocenters. The van der Waals surface area contributed by atoms with E-state index in [1.165, 1.54) is 13.8 Å². The van der Waals surface area contributed by atoms with Crippen molar-refractivity contribution in [2.24, 2.45) is 0 Å². The van der Waals surface area contributed by atoms with Crippen LogP contribution in [0.3, 0.4) is 0 Å². The van der Waals surface area contributed by atoms with Gasteiger partial charge >= 0.3 is 0 Å². The third-order valence-electron chi connectivity index (χ3n) is 2.60. The van der Waals surface area contributed by atoms with Crippen molar-refractivity contribution in [3.8, 4) is 0 Å². The summed E-state index contributed by atoms with van der Waals surface area (Å²) in [5.74, 6) is -1.18. The summed E-state index contributed by atoms with van der Waals surface area (Å²) in [5.41, 5.74) is 1.86. The van der Waals surface area contributed by atoms with E-state index in [9.17, 15) is 19.2 Å². The third kappa shape index (κ3) is 5.99. The van der Waals surface area contributed by atoms with Gasteiger partial charge in [0.25, 0.3) is 0 Å². The second-order valence-electron chi connectivity index (χ2n) is 4.88. The molecule has 0 spiro atoms. The predicted molar refractivity (Wildman–Crippen MR) is 79.0 cm³/mol. The molecule has 2 amide bonds. The van der Waals surface area contributed by atoms with Crippen LogP contribution in [-0.4, -0.2) is 23.4 Å². The third-order valence-corrected chi connectivity index (χ3v) is 2.60. The van der Waals surface area contributed by atoms with Crippen molar-refractivity contribution in [2.75, 3.05) is 10.6 Å². The van der Waals surface area contributed by atoms with E-state index in [1.807, 2.05) is 0 Å². The van der Waals surface area contributed by atoms with Gasteiger partial charge in [-0.15, -0.1) is 0 Å². The maximum atomic E-state index is 11.5. The smallest absolute Gasteiger partial charge is 0.231 e. The van der Waals surface area contributed by atoms with Crippen LogP contribution in [0, 0.1) is 6.92 Å². The van der Waals surface area contributed by atoms with Crippen LogP contribution in [0.25, 0.3) is 0 Å². The van der Waals surface area contributed by atoms with Gasteiger partial charge in [-0.2, -0.15) is 0 Å². The lowest BCUT2D eigenvalue weighted by atomic mass is 10.1. The lowest BCUT2D eigenvalue weighted by Crippen LogP contribution is -2.16. The highest BCUT2D eigenvalue weighted by Gasteiger charge is 2.09. The number of carbonyl (C=O) groups excluding carboxylic acids is 4. The molecular weight excluding hydrogens is 272 g/mol. The van der Waals surface area contributed by atoms with E-state index in [0.717, 1.165) is 5.56 Å². The molecule has 0 saturated carbocycles. The van der Waals surface area contributed by atoms with Gasteiger partial charge < -0.3 is 10.6 Å². The quantitative estimate of drug-likeness (QED) is 0.782. The lowest BCUT2D eigenvalue weighted by molar-refractivity contribution is -0.125. The molecule has 0 bridgehead atoms. The first-order valence-corrected chi connectivity index (χ1v) is 6.47. The molecule has 0 heterocycles. The van der Waals surface area contributed by atoms with Gasteiger partial charge in [0.15, 0.2) is 0 Å². The largest absolute Gasteiger partial charge is 0.326 e. The van der Waals surface area contributed by atoms with Gasteiger partial charge in [-0.05, 0) is 44.5 Å². The number of ketones is 2. The molecule has 0 fully saturated rings. The van der Waals surface area contributed by atoms with Crippen molar-refractivity contribution in [3.63, 3.8) is 0 Å². The molecule has 0 aliphatic heterocycles. The second kappa shape index (κ2) is 7.33. The summed E-state index contributed by atoms with van der Waals surface area (Å²) in [6, 6.07) is 4.94. The number of carbonyl (C=O) groups is 4. The van der Waals surface area contributed by atoms with E-state index in [4.69, 9.17) is 0 Å². The number of benzene rings is 1. The molecule has 21 heavy (non-hydrogen) atoms. The van der Waals surface area contributed by atoms with E-state index in [1.54, 1.807) is 25.1 Å². The highest BCUT2D eigenvalue weighted by atomic mass is 16.2. The molecule has 0 aromatic heterocycles. The minimum atomic E-state index is -0.379. The van der Waals surface area contributed by atoms with Gasteiger partial charge in [-0.3, -0.25) is 19.2 Å². The predicted octanol–water partition coefficient (Wildman–Crippen LogP) is 1.83. The zero-order valence-electron chi connectivity index (χ0n) is 12.3. The number of hydrogen-bond acceptors (Lipinski definition) is 4. The standard InChI is InChI=1S/C15H18N2O4/c1-9-6-12(16-14(20)7-10(2)18)4-5-13(9)17-15(21)8-11(3)19/h4-6H,7-8H2,1-3H3,(H,16,20)(H,17,21). The minimum absolute atomic E-state index is 0.170. The van der Waals surface area contributed by atoms with Crippen LogP contribution in [0.1, 0.15) is 32.3 Å². The molecule has 0 aliphatic rings. The second-order valence-corrected chi connectivity index (χ2v) is 4.88. The molecule has 1 rings (SSSR count). The van der Waals surface area contributed by atoms with Gasteiger partial charge in [-0.1, -0.05) is 0 Å². The SMILES string of the molecule is CC(=O)CC(=O)Nc1ccc(NC(=O)CC(C)=O)c(C)c1. The first kappa shape index (κ1) is 16.6. The van der Waals surface area contributed by atoms with Crippen LogP contribution in [0.5, 0.6) is 0 Å². The first-order chi connectivity index (χ1) is 9.77. The summed E-state index contributed by atoms with van der Waals surface area (Å²) in [5, 5.41) is 5.23. The maximum Gasteiger partial charge on any atom is 0.231 e. The normalized spacial score (nSPS) is 9.86. The van der Waals surface area contributed by atoms with Crippen LogP contribution < -0.4 is 10.6 Å². The molecule has 0 saturated heterocycles. The molecule has 2 N–H and O–H groups in total. The zero-order chi connectivity index (χ0) is 16.0. The molecule has 1 aromatic rings. The average Bonchev–Trinajstić information content (AvgIpc) is 2.30. The number of rotatable bonds is 6. The van der Waals surface area contributed by atoms with Crippen molar-refractivity contribution < 1.29 is 19.2 Å². The maximum absolute atomic E-state index is 11.5. The van der Waals surface area contributed by atoms with Gasteiger partial charge in [0.2, 0.25) is 11.8 Å². The van der Waals surface area contributed by atoms with Gasteiger partial charge in [0, 0.05) is 11.4 Å². The van der Waals surface area contributed by atoms with Crippen molar-refractivity contribution in [3.05, 3.63) is 23.8 Å². The summed E-state index contributed by atoms with van der Waals surface area (Å²) in [6.45, 7) is 4.46. The fourth-order valence-electron chi connectivity index (χ4n) is 1.73. The molecule has 0 aliphatic carbocycles. The Balaban J connectivity index is 2.72. The minimum Gasteiger partial charge on any atom is -0.326 e. The molecular formula is C15H18N2O4. The van der Waals surface area contributed by atoms with Gasteiger partial charge in [-0.25, -0.2) is 0 Å². The van der Waals surface area contributed by atoms with Crippen LogP contribution in [0.15, 0.2) is 18.2 Å². The van der Waals surface area contributed by atoms with Gasteiger partial charge in [0.05, 0.1) is 12.8 Å². The van der Waals surface area contributed by atoms with Crippen LogP contribution in [-0.2, 0) is 19.2 Å². The lowest BCUT2D eigenvalue weighted by Gasteiger charge is -2.10. The van der Waals surface area contributed by atoms with E-state index in [0.29, 0.717) is 11.4 Å². The molecule has 6 nitrogen and oxygen atoms in total. The summed E-state index contributed by atoms with van der Waals surface area (Å²) in [6.07, 6.45) is -0.341. The van der Waals surface area contributed by atoms with Crippen molar-refractivity contribution in [1.29, 1.82) is 0 Å². The van der Waals surface area contributed by atoms with E-state index in [-0.39, 0.29) is 36.2 Å². The Morgan fingerprint density at radius 3 is 1.90 bits per heavy atom. The monoisotopic (exact) mass is 290 g/mol. The van der Waals surface area contributed by atoms with Crippen LogP contribution in [0.2, 0.25) is 0 Å².